The molecule has 0 amide bonds. The normalized spacial score (nSPS) is 11.2. The van der Waals surface area contributed by atoms with E-state index in [1.165, 1.54) is 0 Å². The Labute approximate surface area is 102 Å². The Morgan fingerprint density at radius 3 is 2.38 bits per heavy atom. The Bertz CT molecular complexity index is 360. The van der Waals surface area contributed by atoms with Crippen LogP contribution in [0.3, 0.4) is 0 Å². The van der Waals surface area contributed by atoms with Crippen molar-refractivity contribution in [3.05, 3.63) is 29.8 Å². The summed E-state index contributed by atoms with van der Waals surface area (Å²) in [6.07, 6.45) is 0. The monoisotopic (exact) mass is 238 g/mol. The zero-order chi connectivity index (χ0) is 12.2. The number of methoxy groups -OCH3 is 1. The first-order valence-electron chi connectivity index (χ1n) is 5.11. The summed E-state index contributed by atoms with van der Waals surface area (Å²) in [4.78, 5) is 0.419. The summed E-state index contributed by atoms with van der Waals surface area (Å²) in [5.41, 5.74) is 7.34. The Hall–Kier alpha value is -1.13. The molecule has 0 aliphatic rings. The fourth-order valence-corrected chi connectivity index (χ4v) is 1.64. The molecule has 1 aromatic carbocycles. The van der Waals surface area contributed by atoms with Gasteiger partial charge in [-0.25, -0.2) is 0 Å². The van der Waals surface area contributed by atoms with E-state index in [0.717, 1.165) is 11.3 Å². The molecule has 4 heteroatoms. The topological polar surface area (TPSA) is 47.3 Å². The van der Waals surface area contributed by atoms with E-state index in [1.54, 1.807) is 7.11 Å². The minimum absolute atomic E-state index is 0.0977. The number of nitrogens with one attached hydrogen (secondary N) is 1. The van der Waals surface area contributed by atoms with Crippen LogP contribution < -0.4 is 11.1 Å². The van der Waals surface area contributed by atoms with E-state index in [0.29, 0.717) is 11.6 Å². The minimum Gasteiger partial charge on any atom is -0.389 e. The first kappa shape index (κ1) is 12.9. The number of benzene rings is 1. The molecule has 0 heterocycles. The number of nitrogens with two attached hydrogens (primary N) is 1. The molecule has 0 aromatic heterocycles. The quantitative estimate of drug-likeness (QED) is 0.772. The molecule has 0 atom stereocenters. The van der Waals surface area contributed by atoms with Crippen LogP contribution in [0.25, 0.3) is 0 Å². The summed E-state index contributed by atoms with van der Waals surface area (Å²) in [7, 11) is 1.69. The average molecular weight is 238 g/mol. The van der Waals surface area contributed by atoms with Crippen molar-refractivity contribution in [3.63, 3.8) is 0 Å². The van der Waals surface area contributed by atoms with E-state index >= 15 is 0 Å². The zero-order valence-electron chi connectivity index (χ0n) is 9.91. The first-order chi connectivity index (χ1) is 7.44. The fraction of sp³-hybridized carbons (Fsp3) is 0.417. The lowest BCUT2D eigenvalue weighted by Gasteiger charge is -2.26. The highest BCUT2D eigenvalue weighted by Gasteiger charge is 2.16. The number of thiocarbonyl (C=S) groups is 1. The predicted octanol–water partition coefficient (Wildman–Crippen LogP) is 2.16. The predicted molar refractivity (Wildman–Crippen MR) is 71.9 cm³/mol. The van der Waals surface area contributed by atoms with Crippen molar-refractivity contribution >= 4 is 22.9 Å². The standard InChI is InChI=1S/C12H18N2OS/c1-12(2,8-15-3)14-10-6-4-9(5-7-10)11(13)16/h4-7,14H,8H2,1-3H3,(H2,13,16). The van der Waals surface area contributed by atoms with Crippen LogP contribution in [-0.2, 0) is 4.74 Å². The zero-order valence-corrected chi connectivity index (χ0v) is 10.7. The van der Waals surface area contributed by atoms with Crippen LogP contribution in [0.4, 0.5) is 5.69 Å². The molecule has 3 N–H and O–H groups in total. The van der Waals surface area contributed by atoms with Gasteiger partial charge in [0, 0.05) is 18.4 Å². The van der Waals surface area contributed by atoms with E-state index in [-0.39, 0.29) is 5.54 Å². The van der Waals surface area contributed by atoms with Gasteiger partial charge >= 0.3 is 0 Å². The number of rotatable bonds is 5. The summed E-state index contributed by atoms with van der Waals surface area (Å²) >= 11 is 4.89. The van der Waals surface area contributed by atoms with Gasteiger partial charge in [0.15, 0.2) is 0 Å². The third-order valence-electron chi connectivity index (χ3n) is 2.16. The van der Waals surface area contributed by atoms with Crippen molar-refractivity contribution < 1.29 is 4.74 Å². The summed E-state index contributed by atoms with van der Waals surface area (Å²) in [6, 6.07) is 7.75. The minimum atomic E-state index is -0.0977. The van der Waals surface area contributed by atoms with Gasteiger partial charge < -0.3 is 15.8 Å². The van der Waals surface area contributed by atoms with Crippen LogP contribution >= 0.6 is 12.2 Å². The lowest BCUT2D eigenvalue weighted by molar-refractivity contribution is 0.158. The van der Waals surface area contributed by atoms with Crippen LogP contribution in [0.15, 0.2) is 24.3 Å². The van der Waals surface area contributed by atoms with Crippen molar-refractivity contribution in [3.8, 4) is 0 Å². The van der Waals surface area contributed by atoms with Crippen LogP contribution in [-0.4, -0.2) is 24.2 Å². The van der Waals surface area contributed by atoms with Crippen molar-refractivity contribution in [2.75, 3.05) is 19.0 Å². The van der Waals surface area contributed by atoms with Crippen LogP contribution in [0, 0.1) is 0 Å². The lowest BCUT2D eigenvalue weighted by atomic mass is 10.1. The second-order valence-electron chi connectivity index (χ2n) is 4.38. The largest absolute Gasteiger partial charge is 0.389 e. The van der Waals surface area contributed by atoms with Crippen LogP contribution in [0.1, 0.15) is 19.4 Å². The van der Waals surface area contributed by atoms with Gasteiger partial charge in [0.1, 0.15) is 4.99 Å². The Morgan fingerprint density at radius 1 is 1.38 bits per heavy atom. The van der Waals surface area contributed by atoms with Gasteiger partial charge in [0.2, 0.25) is 0 Å². The summed E-state index contributed by atoms with van der Waals surface area (Å²) in [5.74, 6) is 0. The first-order valence-corrected chi connectivity index (χ1v) is 5.52. The van der Waals surface area contributed by atoms with E-state index in [4.69, 9.17) is 22.7 Å². The molecular formula is C12H18N2OS. The number of hydrogen-bond donors (Lipinski definition) is 2. The third-order valence-corrected chi connectivity index (χ3v) is 2.39. The Morgan fingerprint density at radius 2 is 1.94 bits per heavy atom. The maximum atomic E-state index is 5.53. The molecule has 16 heavy (non-hydrogen) atoms. The third kappa shape index (κ3) is 3.79. The molecular weight excluding hydrogens is 220 g/mol. The SMILES string of the molecule is COCC(C)(C)Nc1ccc(C(N)=S)cc1. The molecule has 0 saturated carbocycles. The summed E-state index contributed by atoms with van der Waals surface area (Å²) in [6.45, 7) is 4.81. The van der Waals surface area contributed by atoms with E-state index in [9.17, 15) is 0 Å². The van der Waals surface area contributed by atoms with Gasteiger partial charge in [0.05, 0.1) is 12.1 Å². The molecule has 88 valence electrons. The number of ether oxygens (including phenoxy) is 1. The highest BCUT2D eigenvalue weighted by Crippen LogP contribution is 2.16. The highest BCUT2D eigenvalue weighted by molar-refractivity contribution is 7.80. The van der Waals surface area contributed by atoms with Crippen LogP contribution in [0.5, 0.6) is 0 Å². The van der Waals surface area contributed by atoms with Gasteiger partial charge in [-0.3, -0.25) is 0 Å². The summed E-state index contributed by atoms with van der Waals surface area (Å²) < 4.78 is 5.14. The number of hydrogen-bond acceptors (Lipinski definition) is 3. The molecule has 0 fully saturated rings. The van der Waals surface area contributed by atoms with Crippen molar-refractivity contribution in [1.29, 1.82) is 0 Å². The van der Waals surface area contributed by atoms with Gasteiger partial charge in [0.25, 0.3) is 0 Å². The molecule has 0 radical (unpaired) electrons. The highest BCUT2D eigenvalue weighted by atomic mass is 32.1. The van der Waals surface area contributed by atoms with Crippen molar-refractivity contribution in [2.45, 2.75) is 19.4 Å². The van der Waals surface area contributed by atoms with E-state index < -0.39 is 0 Å². The molecule has 0 spiro atoms. The molecule has 0 bridgehead atoms. The molecule has 0 aliphatic carbocycles. The van der Waals surface area contributed by atoms with Gasteiger partial charge in [-0.1, -0.05) is 12.2 Å². The number of anilines is 1. The van der Waals surface area contributed by atoms with E-state index in [2.05, 4.69) is 19.2 Å². The smallest absolute Gasteiger partial charge is 0.103 e. The maximum absolute atomic E-state index is 5.53. The van der Waals surface area contributed by atoms with Gasteiger partial charge in [-0.2, -0.15) is 0 Å². The van der Waals surface area contributed by atoms with E-state index in [1.807, 2.05) is 24.3 Å². The second-order valence-corrected chi connectivity index (χ2v) is 4.82. The summed E-state index contributed by atoms with van der Waals surface area (Å²) in [5, 5.41) is 3.38. The van der Waals surface area contributed by atoms with Gasteiger partial charge in [-0.15, -0.1) is 0 Å². The second kappa shape index (κ2) is 5.27. The molecule has 0 unspecified atom stereocenters. The van der Waals surface area contributed by atoms with Crippen molar-refractivity contribution in [1.82, 2.24) is 0 Å². The molecule has 0 saturated heterocycles. The molecule has 1 aromatic rings. The average Bonchev–Trinajstić information content (AvgIpc) is 2.17. The lowest BCUT2D eigenvalue weighted by Crippen LogP contribution is -2.35. The Balaban J connectivity index is 2.72. The maximum Gasteiger partial charge on any atom is 0.103 e. The Kier molecular flexibility index (Phi) is 4.26. The molecule has 0 aliphatic heterocycles. The fourth-order valence-electron chi connectivity index (χ4n) is 1.51. The van der Waals surface area contributed by atoms with Crippen molar-refractivity contribution in [2.24, 2.45) is 5.73 Å². The van der Waals surface area contributed by atoms with Gasteiger partial charge in [-0.05, 0) is 38.1 Å². The molecule has 3 nitrogen and oxygen atoms in total. The van der Waals surface area contributed by atoms with Crippen LogP contribution in [0.2, 0.25) is 0 Å². The molecule has 1 rings (SSSR count).